The van der Waals surface area contributed by atoms with E-state index in [0.717, 1.165) is 22.7 Å². The Morgan fingerprint density at radius 1 is 0.909 bits per heavy atom. The van der Waals surface area contributed by atoms with Crippen molar-refractivity contribution < 1.29 is 0 Å². The predicted octanol–water partition coefficient (Wildman–Crippen LogP) is 4.08. The zero-order valence-corrected chi connectivity index (χ0v) is 13.0. The van der Waals surface area contributed by atoms with Gasteiger partial charge in [-0.15, -0.1) is 0 Å². The van der Waals surface area contributed by atoms with Crippen LogP contribution < -0.4 is 5.43 Å². The van der Waals surface area contributed by atoms with Crippen LogP contribution in [0.5, 0.6) is 0 Å². The van der Waals surface area contributed by atoms with E-state index in [-0.39, 0.29) is 0 Å². The summed E-state index contributed by atoms with van der Waals surface area (Å²) >= 11 is 0. The lowest BCUT2D eigenvalue weighted by atomic mass is 10.0. The second-order valence-corrected chi connectivity index (χ2v) is 5.35. The highest BCUT2D eigenvalue weighted by molar-refractivity contribution is 6.02. The number of hydrogen-bond acceptors (Lipinski definition) is 4. The molecule has 4 heteroatoms. The highest BCUT2D eigenvalue weighted by Crippen LogP contribution is 2.16. The molecule has 1 aromatic heterocycles. The minimum Gasteiger partial charge on any atom is -0.245 e. The molecule has 0 aliphatic carbocycles. The number of nitrogens with zero attached hydrogens (tertiary/aromatic N) is 3. The Labute approximate surface area is 129 Å². The Morgan fingerprint density at radius 2 is 1.59 bits per heavy atom. The van der Waals surface area contributed by atoms with Crippen molar-refractivity contribution in [2.75, 3.05) is 5.43 Å². The first-order valence-corrected chi connectivity index (χ1v) is 7.23. The molecule has 1 N–H and O–H groups in total. The van der Waals surface area contributed by atoms with E-state index in [1.165, 1.54) is 10.8 Å². The van der Waals surface area contributed by atoms with Crippen LogP contribution in [0.2, 0.25) is 0 Å². The van der Waals surface area contributed by atoms with Crippen LogP contribution >= 0.6 is 0 Å². The maximum Gasteiger partial charge on any atom is 0.243 e. The molecule has 0 fully saturated rings. The van der Waals surface area contributed by atoms with Gasteiger partial charge in [0.15, 0.2) is 0 Å². The highest BCUT2D eigenvalue weighted by Gasteiger charge is 2.01. The second kappa shape index (κ2) is 5.93. The molecule has 1 heterocycles. The summed E-state index contributed by atoms with van der Waals surface area (Å²) in [7, 11) is 0. The minimum atomic E-state index is 0.526. The van der Waals surface area contributed by atoms with Gasteiger partial charge in [-0.1, -0.05) is 36.4 Å². The largest absolute Gasteiger partial charge is 0.245 e. The number of aryl methyl sites for hydroxylation is 2. The monoisotopic (exact) mass is 290 g/mol. The first kappa shape index (κ1) is 14.2. The fourth-order valence-corrected chi connectivity index (χ4v) is 2.39. The van der Waals surface area contributed by atoms with Gasteiger partial charge in [-0.3, -0.25) is 0 Å². The number of fused-ring (bicyclic) bond motifs is 1. The van der Waals surface area contributed by atoms with Crippen molar-refractivity contribution in [3.05, 3.63) is 65.5 Å². The first-order valence-electron chi connectivity index (χ1n) is 7.23. The molecule has 3 rings (SSSR count). The summed E-state index contributed by atoms with van der Waals surface area (Å²) in [5.41, 5.74) is 6.76. The maximum absolute atomic E-state index is 4.40. The molecule has 3 aromatic rings. The molecule has 0 atom stereocenters. The summed E-state index contributed by atoms with van der Waals surface area (Å²) in [5, 5.41) is 6.83. The van der Waals surface area contributed by atoms with Gasteiger partial charge in [0, 0.05) is 11.4 Å². The lowest BCUT2D eigenvalue weighted by molar-refractivity contribution is 1.03. The second-order valence-electron chi connectivity index (χ2n) is 5.35. The third-order valence-corrected chi connectivity index (χ3v) is 3.47. The van der Waals surface area contributed by atoms with E-state index in [9.17, 15) is 0 Å². The molecule has 0 aliphatic rings. The van der Waals surface area contributed by atoms with E-state index < -0.39 is 0 Å². The first-order chi connectivity index (χ1) is 10.6. The summed E-state index contributed by atoms with van der Waals surface area (Å²) in [5.74, 6) is 0.526. The van der Waals surface area contributed by atoms with E-state index in [1.54, 1.807) is 0 Å². The van der Waals surface area contributed by atoms with E-state index in [4.69, 9.17) is 0 Å². The SMILES string of the molecule is C/C(=N\Nc1nc(C)cc(C)n1)c1ccc2ccccc2c1. The number of anilines is 1. The van der Waals surface area contributed by atoms with Crippen molar-refractivity contribution >= 4 is 22.4 Å². The molecular weight excluding hydrogens is 272 g/mol. The van der Waals surface area contributed by atoms with Crippen LogP contribution in [-0.4, -0.2) is 15.7 Å². The summed E-state index contributed by atoms with van der Waals surface area (Å²) in [6, 6.07) is 16.5. The number of benzene rings is 2. The van der Waals surface area contributed by atoms with E-state index in [0.29, 0.717) is 5.95 Å². The Morgan fingerprint density at radius 3 is 2.32 bits per heavy atom. The van der Waals surface area contributed by atoms with Gasteiger partial charge in [0.25, 0.3) is 0 Å². The lowest BCUT2D eigenvalue weighted by Gasteiger charge is -2.05. The number of nitrogens with one attached hydrogen (secondary N) is 1. The Kier molecular flexibility index (Phi) is 3.83. The topological polar surface area (TPSA) is 50.2 Å². The van der Waals surface area contributed by atoms with Crippen LogP contribution in [0.25, 0.3) is 10.8 Å². The fraction of sp³-hybridized carbons (Fsp3) is 0.167. The van der Waals surface area contributed by atoms with Gasteiger partial charge in [-0.2, -0.15) is 5.10 Å². The fourth-order valence-electron chi connectivity index (χ4n) is 2.39. The smallest absolute Gasteiger partial charge is 0.243 e. The number of aromatic nitrogens is 2. The average molecular weight is 290 g/mol. The molecule has 0 saturated carbocycles. The molecule has 0 spiro atoms. The van der Waals surface area contributed by atoms with Crippen molar-refractivity contribution in [2.24, 2.45) is 5.10 Å². The Hall–Kier alpha value is -2.75. The number of rotatable bonds is 3. The molecule has 4 nitrogen and oxygen atoms in total. The van der Waals surface area contributed by atoms with Gasteiger partial charge in [-0.05, 0) is 49.2 Å². The van der Waals surface area contributed by atoms with Crippen molar-refractivity contribution in [3.8, 4) is 0 Å². The quantitative estimate of drug-likeness (QED) is 0.584. The molecule has 0 aliphatic heterocycles. The van der Waals surface area contributed by atoms with Crippen LogP contribution in [0.1, 0.15) is 23.9 Å². The molecule has 0 bridgehead atoms. The normalized spacial score (nSPS) is 11.7. The van der Waals surface area contributed by atoms with Crippen LogP contribution in [0.15, 0.2) is 53.6 Å². The van der Waals surface area contributed by atoms with Crippen LogP contribution in [-0.2, 0) is 0 Å². The van der Waals surface area contributed by atoms with E-state index in [1.807, 2.05) is 39.0 Å². The Bertz CT molecular complexity index is 832. The van der Waals surface area contributed by atoms with Crippen LogP contribution in [0.4, 0.5) is 5.95 Å². The zero-order valence-electron chi connectivity index (χ0n) is 13.0. The summed E-state index contributed by atoms with van der Waals surface area (Å²) in [4.78, 5) is 8.64. The van der Waals surface area contributed by atoms with Gasteiger partial charge in [-0.25, -0.2) is 15.4 Å². The van der Waals surface area contributed by atoms with Crippen molar-refractivity contribution in [2.45, 2.75) is 20.8 Å². The average Bonchev–Trinajstić information content (AvgIpc) is 2.51. The Balaban J connectivity index is 1.86. The molecule has 22 heavy (non-hydrogen) atoms. The highest BCUT2D eigenvalue weighted by atomic mass is 15.4. The molecular formula is C18H18N4. The summed E-state index contributed by atoms with van der Waals surface area (Å²) in [6.07, 6.45) is 0. The number of hydrogen-bond donors (Lipinski definition) is 1. The van der Waals surface area contributed by atoms with Crippen molar-refractivity contribution in [3.63, 3.8) is 0 Å². The molecule has 2 aromatic carbocycles. The summed E-state index contributed by atoms with van der Waals surface area (Å²) in [6.45, 7) is 5.86. The third kappa shape index (κ3) is 3.11. The molecule has 0 radical (unpaired) electrons. The third-order valence-electron chi connectivity index (χ3n) is 3.47. The van der Waals surface area contributed by atoms with Crippen LogP contribution in [0.3, 0.4) is 0 Å². The van der Waals surface area contributed by atoms with Gasteiger partial charge in [0.1, 0.15) is 0 Å². The van der Waals surface area contributed by atoms with Crippen molar-refractivity contribution in [1.29, 1.82) is 0 Å². The lowest BCUT2D eigenvalue weighted by Crippen LogP contribution is -2.03. The van der Waals surface area contributed by atoms with Gasteiger partial charge in [0.2, 0.25) is 5.95 Å². The van der Waals surface area contributed by atoms with E-state index in [2.05, 4.69) is 50.8 Å². The van der Waals surface area contributed by atoms with E-state index >= 15 is 0 Å². The van der Waals surface area contributed by atoms with Crippen molar-refractivity contribution in [1.82, 2.24) is 9.97 Å². The van der Waals surface area contributed by atoms with Gasteiger partial charge < -0.3 is 0 Å². The minimum absolute atomic E-state index is 0.526. The molecule has 0 saturated heterocycles. The molecule has 0 amide bonds. The standard InChI is InChI=1S/C18H18N4/c1-12-10-13(2)20-18(19-12)22-21-14(3)16-9-8-15-6-4-5-7-17(15)11-16/h4-11H,1-3H3,(H,19,20,22)/b21-14+. The molecule has 110 valence electrons. The summed E-state index contributed by atoms with van der Waals surface area (Å²) < 4.78 is 0. The predicted molar refractivity (Wildman–Crippen MR) is 91.3 cm³/mol. The maximum atomic E-state index is 4.40. The van der Waals surface area contributed by atoms with Gasteiger partial charge in [0.05, 0.1) is 5.71 Å². The molecule has 0 unspecified atom stereocenters. The van der Waals surface area contributed by atoms with Gasteiger partial charge >= 0.3 is 0 Å². The van der Waals surface area contributed by atoms with Crippen LogP contribution in [0, 0.1) is 13.8 Å². The zero-order chi connectivity index (χ0) is 15.5. The number of hydrazone groups is 1.